The van der Waals surface area contributed by atoms with Gasteiger partial charge in [-0.15, -0.1) is 0 Å². The molecule has 4 heteroatoms. The van der Waals surface area contributed by atoms with Gasteiger partial charge in [0.2, 0.25) is 0 Å². The van der Waals surface area contributed by atoms with Gasteiger partial charge in [0.05, 0.1) is 0 Å². The molecule has 0 fully saturated rings. The van der Waals surface area contributed by atoms with Crippen LogP contribution in [-0.2, 0) is 26.1 Å². The van der Waals surface area contributed by atoms with Crippen LogP contribution in [0.2, 0.25) is 13.1 Å². The van der Waals surface area contributed by atoms with E-state index in [2.05, 4.69) is 13.1 Å². The molecule has 0 spiro atoms. The molecule has 0 saturated carbocycles. The standard InChI is InChI=1S/C2H7Si.2CHO.Ni.H/c1-3-2;2*1-2;;/h3H,1-2H3;2*1H;;/q;2*-1;;/i;2*1D;;. The van der Waals surface area contributed by atoms with E-state index < -0.39 is 0 Å². The normalized spacial score (nSPS) is 5.75. The Morgan fingerprint density at radius 3 is 1.38 bits per heavy atom. The summed E-state index contributed by atoms with van der Waals surface area (Å²) in [4.78, 5) is 16.7. The van der Waals surface area contributed by atoms with Crippen LogP contribution in [0.25, 0.3) is 0 Å². The van der Waals surface area contributed by atoms with Crippen LogP contribution in [-0.4, -0.2) is 23.0 Å². The van der Waals surface area contributed by atoms with Crippen molar-refractivity contribution in [1.82, 2.24) is 0 Å². The zero-order chi connectivity index (χ0) is 8.12. The molecule has 1 radical (unpaired) electrons. The molecule has 0 unspecified atom stereocenters. The topological polar surface area (TPSA) is 34.1 Å². The van der Waals surface area contributed by atoms with E-state index >= 15 is 0 Å². The molecule has 0 atom stereocenters. The summed E-state index contributed by atoms with van der Waals surface area (Å²) >= 11 is 0. The van der Waals surface area contributed by atoms with Gasteiger partial charge >= 0.3 is 16.5 Å². The fourth-order valence-corrected chi connectivity index (χ4v) is 0. The van der Waals surface area contributed by atoms with Crippen LogP contribution < -0.4 is 0 Å². The van der Waals surface area contributed by atoms with E-state index in [0.717, 1.165) is 23.0 Å². The maximum atomic E-state index is 8.35. The van der Waals surface area contributed by atoms with Gasteiger partial charge < -0.3 is 9.59 Å². The van der Waals surface area contributed by atoms with Gasteiger partial charge in [-0.25, -0.2) is 0 Å². The molecule has 0 aliphatic heterocycles. The van der Waals surface area contributed by atoms with Crippen molar-refractivity contribution in [3.63, 3.8) is 0 Å². The predicted octanol–water partition coefficient (Wildman–Crippen LogP) is -0.299. The van der Waals surface area contributed by atoms with Crippen molar-refractivity contribution in [2.45, 2.75) is 13.1 Å². The van der Waals surface area contributed by atoms with E-state index in [-0.39, 0.29) is 16.5 Å². The molecule has 54 valence electrons. The van der Waals surface area contributed by atoms with Crippen LogP contribution in [0.5, 0.6) is 0 Å². The molecular formula is C4H10NiO2Si-2. The average molecular weight is 179 g/mol. The maximum absolute atomic E-state index is 8.35. The summed E-state index contributed by atoms with van der Waals surface area (Å²) in [6.07, 6.45) is 0. The van der Waals surface area contributed by atoms with Crippen molar-refractivity contribution in [3.8, 4) is 0 Å². The van der Waals surface area contributed by atoms with E-state index in [4.69, 9.17) is 12.3 Å². The molecule has 0 aliphatic rings. The molecule has 0 N–H and O–H groups in total. The fraction of sp³-hybridized carbons (Fsp3) is 0.500. The van der Waals surface area contributed by atoms with Gasteiger partial charge in [0, 0.05) is 9.52 Å². The Morgan fingerprint density at radius 2 is 1.38 bits per heavy atom. The third kappa shape index (κ3) is 60800. The van der Waals surface area contributed by atoms with Crippen molar-refractivity contribution in [3.05, 3.63) is 0 Å². The molecule has 0 heterocycles. The minimum absolute atomic E-state index is 0. The first-order valence-electron chi connectivity index (χ1n) is 2.56. The number of hydrogen-bond donors (Lipinski definition) is 0. The second-order valence-corrected chi connectivity index (χ2v) is 1.73. The Morgan fingerprint density at radius 1 is 1.38 bits per heavy atom. The second kappa shape index (κ2) is 234. The quantitative estimate of drug-likeness (QED) is 0.290. The third-order valence-corrected chi connectivity index (χ3v) is 0. The van der Waals surface area contributed by atoms with Gasteiger partial charge in [-0.3, -0.25) is 13.5 Å². The summed E-state index contributed by atoms with van der Waals surface area (Å²) in [5.74, 6) is 0. The van der Waals surface area contributed by atoms with Crippen molar-refractivity contribution < 1.29 is 28.8 Å². The molecule has 0 bridgehead atoms. The van der Waals surface area contributed by atoms with Gasteiger partial charge in [0.1, 0.15) is 0 Å². The Bertz CT molecular complexity index is 50.5. The van der Waals surface area contributed by atoms with E-state index in [0.29, 0.717) is 0 Å². The summed E-state index contributed by atoms with van der Waals surface area (Å²) in [7, 11) is 0.750. The van der Waals surface area contributed by atoms with Crippen LogP contribution in [0.15, 0.2) is 0 Å². The van der Waals surface area contributed by atoms with E-state index in [1.54, 1.807) is 0 Å². The molecule has 0 saturated heterocycles. The van der Waals surface area contributed by atoms with Gasteiger partial charge in [-0.05, 0) is 0 Å². The summed E-state index contributed by atoms with van der Waals surface area (Å²) in [6, 6.07) is 0. The van der Waals surface area contributed by atoms with Crippen LogP contribution >= 0.6 is 0 Å². The van der Waals surface area contributed by atoms with Gasteiger partial charge in [-0.2, -0.15) is 2.74 Å². The molecule has 0 aromatic rings. The first-order chi connectivity index (χ1) is 4.24. The van der Waals surface area contributed by atoms with Gasteiger partial charge in [-0.1, -0.05) is 13.1 Å². The van der Waals surface area contributed by atoms with Crippen LogP contribution in [0.4, 0.5) is 0 Å². The first kappa shape index (κ1) is 10.9. The predicted molar refractivity (Wildman–Crippen MR) is 33.8 cm³/mol. The molecule has 0 aliphatic carbocycles. The molecule has 0 amide bonds. The zero-order valence-electron chi connectivity index (χ0n) is 6.73. The van der Waals surface area contributed by atoms with Gasteiger partial charge in [0.15, 0.2) is 0 Å². The minimum atomic E-state index is 0. The molecular weight excluding hydrogens is 167 g/mol. The SMILES string of the molecule is C[SiH]C.[2H][C-]=O.[2H][C-]=O.[NiH]. The van der Waals surface area contributed by atoms with Crippen molar-refractivity contribution in [2.24, 2.45) is 0 Å². The number of hydrogen-bond acceptors (Lipinski definition) is 2. The summed E-state index contributed by atoms with van der Waals surface area (Å²) < 4.78 is 10.8. The van der Waals surface area contributed by atoms with E-state index in [1.807, 2.05) is 0 Å². The molecule has 0 rings (SSSR count). The van der Waals surface area contributed by atoms with Crippen LogP contribution in [0, 0.1) is 0 Å². The second-order valence-electron chi connectivity index (χ2n) is 0.577. The monoisotopic (exact) mass is 178 g/mol. The van der Waals surface area contributed by atoms with Crippen LogP contribution in [0.3, 0.4) is 0 Å². The molecule has 0 aromatic carbocycles. The molecule has 2 nitrogen and oxygen atoms in total. The fourth-order valence-electron chi connectivity index (χ4n) is 0. The summed E-state index contributed by atoms with van der Waals surface area (Å²) in [6.45, 7) is 5.92. The summed E-state index contributed by atoms with van der Waals surface area (Å²) in [5, 5.41) is 0. The van der Waals surface area contributed by atoms with Crippen molar-refractivity contribution in [1.29, 1.82) is 0 Å². The number of carbonyl (C=O) groups excluding carboxylic acids is 2. The molecule has 0 aromatic heterocycles. The Hall–Kier alpha value is 0.0504. The van der Waals surface area contributed by atoms with E-state index in [1.165, 1.54) is 0 Å². The average Bonchev–Trinajstić information content (AvgIpc) is 1.70. The Kier molecular flexibility index (Phi) is 320. The Labute approximate surface area is 65.6 Å². The molecule has 8 heavy (non-hydrogen) atoms. The van der Waals surface area contributed by atoms with Crippen molar-refractivity contribution >= 4 is 23.0 Å². The summed E-state index contributed by atoms with van der Waals surface area (Å²) in [5.41, 5.74) is 0. The third-order valence-electron chi connectivity index (χ3n) is 0. The Balaban J connectivity index is -0.0000000257. The number of rotatable bonds is 0. The van der Waals surface area contributed by atoms with Gasteiger partial charge in [0.25, 0.3) is 0 Å². The first-order valence-corrected chi connectivity index (χ1v) is 3.87. The van der Waals surface area contributed by atoms with Crippen molar-refractivity contribution in [2.75, 3.05) is 0 Å². The zero-order valence-corrected chi connectivity index (χ0v) is 6.92. The van der Waals surface area contributed by atoms with Crippen LogP contribution in [0.1, 0.15) is 2.74 Å². The van der Waals surface area contributed by atoms with E-state index in [9.17, 15) is 0 Å².